The SMILES string of the molecule is c1ccc(-c2ccc(N(c3ccc4oc5ccccc5c4c3)c3cccc4c3[se]c3c5ccccc5ccc43)cc2)cc1. The van der Waals surface area contributed by atoms with E-state index in [1.54, 1.807) is 0 Å². The molecule has 2 heterocycles. The van der Waals surface area contributed by atoms with Crippen LogP contribution < -0.4 is 4.90 Å². The van der Waals surface area contributed by atoms with Gasteiger partial charge in [0.15, 0.2) is 0 Å². The third kappa shape index (κ3) is 3.94. The molecule has 0 aliphatic heterocycles. The van der Waals surface area contributed by atoms with Crippen molar-refractivity contribution in [3.8, 4) is 11.1 Å². The molecule has 0 atom stereocenters. The average molecular weight is 615 g/mol. The topological polar surface area (TPSA) is 16.4 Å². The molecule has 2 nitrogen and oxygen atoms in total. The third-order valence-electron chi connectivity index (χ3n) is 8.46. The van der Waals surface area contributed by atoms with E-state index in [1.165, 1.54) is 46.9 Å². The Hall–Kier alpha value is -5.08. The van der Waals surface area contributed by atoms with Gasteiger partial charge in [0.2, 0.25) is 0 Å². The predicted octanol–water partition coefficient (Wildman–Crippen LogP) is 11.2. The Kier molecular flexibility index (Phi) is 5.55. The zero-order chi connectivity index (χ0) is 28.3. The van der Waals surface area contributed by atoms with Crippen molar-refractivity contribution in [2.75, 3.05) is 4.90 Å². The van der Waals surface area contributed by atoms with Crippen LogP contribution in [-0.4, -0.2) is 14.5 Å². The fraction of sp³-hybridized carbons (Fsp3) is 0. The number of nitrogens with zero attached hydrogens (tertiary/aromatic N) is 1. The fourth-order valence-corrected chi connectivity index (χ4v) is 9.21. The number of hydrogen-bond donors (Lipinski definition) is 0. The van der Waals surface area contributed by atoms with Crippen LogP contribution in [0.3, 0.4) is 0 Å². The van der Waals surface area contributed by atoms with E-state index in [-0.39, 0.29) is 14.5 Å². The van der Waals surface area contributed by atoms with Crippen molar-refractivity contribution < 1.29 is 4.42 Å². The summed E-state index contributed by atoms with van der Waals surface area (Å²) < 4.78 is 9.10. The molecule has 0 aliphatic rings. The molecule has 9 aromatic rings. The van der Waals surface area contributed by atoms with Crippen molar-refractivity contribution in [3.05, 3.63) is 152 Å². The molecule has 43 heavy (non-hydrogen) atoms. The molecule has 0 saturated carbocycles. The van der Waals surface area contributed by atoms with Crippen molar-refractivity contribution in [2.45, 2.75) is 0 Å². The van der Waals surface area contributed by atoms with Crippen LogP contribution in [0.15, 0.2) is 156 Å². The average Bonchev–Trinajstić information content (AvgIpc) is 3.65. The van der Waals surface area contributed by atoms with E-state index >= 15 is 0 Å². The molecule has 0 bridgehead atoms. The molecule has 3 heteroatoms. The summed E-state index contributed by atoms with van der Waals surface area (Å²) in [4.78, 5) is 2.44. The van der Waals surface area contributed by atoms with E-state index in [9.17, 15) is 0 Å². The molecule has 0 aliphatic carbocycles. The van der Waals surface area contributed by atoms with E-state index < -0.39 is 0 Å². The molecule has 0 N–H and O–H groups in total. The maximum atomic E-state index is 6.21. The molecule has 0 radical (unpaired) electrons. The number of hydrogen-bond acceptors (Lipinski definition) is 2. The first-order chi connectivity index (χ1) is 21.3. The number of furan rings is 1. The fourth-order valence-electron chi connectivity index (χ4n) is 6.40. The number of benzene rings is 7. The normalized spacial score (nSPS) is 11.7. The van der Waals surface area contributed by atoms with Gasteiger partial charge in [-0.2, -0.15) is 0 Å². The maximum absolute atomic E-state index is 6.21. The van der Waals surface area contributed by atoms with E-state index in [1.807, 2.05) is 12.1 Å². The zero-order valence-corrected chi connectivity index (χ0v) is 24.9. The van der Waals surface area contributed by atoms with Crippen molar-refractivity contribution in [2.24, 2.45) is 0 Å². The van der Waals surface area contributed by atoms with Gasteiger partial charge in [-0.25, -0.2) is 0 Å². The van der Waals surface area contributed by atoms with Gasteiger partial charge in [0.25, 0.3) is 0 Å². The molecule has 0 unspecified atom stereocenters. The summed E-state index contributed by atoms with van der Waals surface area (Å²) in [6.07, 6.45) is 0. The van der Waals surface area contributed by atoms with Gasteiger partial charge in [0.1, 0.15) is 0 Å². The summed E-state index contributed by atoms with van der Waals surface area (Å²) in [7, 11) is 0. The Morgan fingerprint density at radius 2 is 1.09 bits per heavy atom. The molecular weight excluding hydrogens is 589 g/mol. The first-order valence-electron chi connectivity index (χ1n) is 14.5. The first kappa shape index (κ1) is 24.5. The summed E-state index contributed by atoms with van der Waals surface area (Å²) in [5, 5.41) is 7.66. The molecule has 202 valence electrons. The van der Waals surface area contributed by atoms with Gasteiger partial charge in [-0.05, 0) is 0 Å². The Morgan fingerprint density at radius 3 is 1.98 bits per heavy atom. The summed E-state index contributed by atoms with van der Waals surface area (Å²) >= 11 is 0.163. The second-order valence-electron chi connectivity index (χ2n) is 10.9. The molecule has 0 amide bonds. The predicted molar refractivity (Wildman–Crippen MR) is 183 cm³/mol. The van der Waals surface area contributed by atoms with Gasteiger partial charge >= 0.3 is 256 Å². The van der Waals surface area contributed by atoms with Crippen LogP contribution in [0.4, 0.5) is 17.1 Å². The van der Waals surface area contributed by atoms with Crippen molar-refractivity contribution in [1.82, 2.24) is 0 Å². The quantitative estimate of drug-likeness (QED) is 0.183. The van der Waals surface area contributed by atoms with Gasteiger partial charge in [-0.15, -0.1) is 0 Å². The standard InChI is InChI=1S/C40H25NOSe/c1-2-9-26(10-3-1)27-17-20-29(21-18-27)41(30-22-24-38-35(25-30)32-13-6-7-16-37(32)42-38)36-15-8-14-33-34-23-19-28-11-4-5-12-31(28)39(34)43-40(33)36/h1-25H. The monoisotopic (exact) mass is 615 g/mol. The molecule has 0 spiro atoms. The number of rotatable bonds is 4. The van der Waals surface area contributed by atoms with Crippen LogP contribution in [0, 0.1) is 0 Å². The molecule has 7 aromatic carbocycles. The number of fused-ring (bicyclic) bond motifs is 8. The van der Waals surface area contributed by atoms with Gasteiger partial charge < -0.3 is 0 Å². The van der Waals surface area contributed by atoms with E-state index in [0.717, 1.165) is 33.3 Å². The van der Waals surface area contributed by atoms with Gasteiger partial charge in [-0.3, -0.25) is 0 Å². The number of para-hydroxylation sites is 1. The molecule has 9 rings (SSSR count). The Morgan fingerprint density at radius 1 is 0.419 bits per heavy atom. The zero-order valence-electron chi connectivity index (χ0n) is 23.2. The Balaban J connectivity index is 1.30. The molecule has 2 aromatic heterocycles. The van der Waals surface area contributed by atoms with Crippen molar-refractivity contribution in [3.63, 3.8) is 0 Å². The molecule has 0 fully saturated rings. The minimum absolute atomic E-state index is 0.163. The number of anilines is 3. The van der Waals surface area contributed by atoms with Crippen LogP contribution in [-0.2, 0) is 0 Å². The van der Waals surface area contributed by atoms with Crippen LogP contribution in [0.2, 0.25) is 0 Å². The van der Waals surface area contributed by atoms with E-state index in [4.69, 9.17) is 4.42 Å². The van der Waals surface area contributed by atoms with Crippen molar-refractivity contribution in [1.29, 1.82) is 0 Å². The van der Waals surface area contributed by atoms with Crippen LogP contribution >= 0.6 is 0 Å². The summed E-state index contributed by atoms with van der Waals surface area (Å²) in [6.45, 7) is 0. The van der Waals surface area contributed by atoms with Crippen LogP contribution in [0.25, 0.3) is 63.1 Å². The first-order valence-corrected chi connectivity index (χ1v) is 16.2. The summed E-state index contributed by atoms with van der Waals surface area (Å²) in [5.74, 6) is 0. The van der Waals surface area contributed by atoms with Crippen LogP contribution in [0.1, 0.15) is 0 Å². The Labute approximate surface area is 254 Å². The van der Waals surface area contributed by atoms with Gasteiger partial charge in [-0.1, -0.05) is 0 Å². The minimum atomic E-state index is 0.163. The van der Waals surface area contributed by atoms with Gasteiger partial charge in [0.05, 0.1) is 0 Å². The summed E-state index contributed by atoms with van der Waals surface area (Å²) in [5.41, 5.74) is 7.75. The summed E-state index contributed by atoms with van der Waals surface area (Å²) in [6, 6.07) is 54.6. The van der Waals surface area contributed by atoms with E-state index in [0.29, 0.717) is 0 Å². The molecular formula is C40H25NOSe. The van der Waals surface area contributed by atoms with Gasteiger partial charge in [0, 0.05) is 0 Å². The second kappa shape index (κ2) is 9.74. The third-order valence-corrected chi connectivity index (χ3v) is 11.1. The van der Waals surface area contributed by atoms with Crippen LogP contribution in [0.5, 0.6) is 0 Å². The second-order valence-corrected chi connectivity index (χ2v) is 13.1. The van der Waals surface area contributed by atoms with Crippen molar-refractivity contribution >= 4 is 83.6 Å². The van der Waals surface area contributed by atoms with E-state index in [2.05, 4.69) is 144 Å². The Bertz CT molecular complexity index is 2450. The molecule has 0 saturated heterocycles.